The summed E-state index contributed by atoms with van der Waals surface area (Å²) in [6, 6.07) is 6.93. The summed E-state index contributed by atoms with van der Waals surface area (Å²) in [4.78, 5) is 15.0. The molecule has 0 N–H and O–H groups in total. The van der Waals surface area contributed by atoms with Crippen LogP contribution in [0.1, 0.15) is 12.5 Å². The molecule has 1 aromatic carbocycles. The second-order valence-electron chi connectivity index (χ2n) is 5.15. The number of benzene rings is 1. The molecule has 21 heavy (non-hydrogen) atoms. The lowest BCUT2D eigenvalue weighted by molar-refractivity contribution is -0.385. The first-order chi connectivity index (χ1) is 10.0. The summed E-state index contributed by atoms with van der Waals surface area (Å²) in [6.07, 6.45) is 0. The summed E-state index contributed by atoms with van der Waals surface area (Å²) in [6.45, 7) is 5.62. The predicted octanol–water partition coefficient (Wildman–Crippen LogP) is 2.28. The van der Waals surface area contributed by atoms with Crippen LogP contribution in [-0.2, 0) is 6.54 Å². The molecular weight excluding hydrogens is 292 g/mol. The Hall–Kier alpha value is -1.68. The first-order valence-corrected chi connectivity index (χ1v) is 7.18. The zero-order chi connectivity index (χ0) is 15.4. The van der Waals surface area contributed by atoms with Gasteiger partial charge in [0, 0.05) is 49.4 Å². The van der Waals surface area contributed by atoms with Crippen molar-refractivity contribution in [3.63, 3.8) is 0 Å². The Bertz CT molecular complexity index is 565. The molecule has 0 amide bonds. The number of nitro benzene ring substituents is 1. The van der Waals surface area contributed by atoms with Crippen LogP contribution in [-0.4, -0.2) is 46.9 Å². The van der Waals surface area contributed by atoms with Crippen LogP contribution in [0.3, 0.4) is 0 Å². The molecule has 0 bridgehead atoms. The van der Waals surface area contributed by atoms with E-state index in [2.05, 4.69) is 15.9 Å². The normalized spacial score (nSPS) is 18.1. The quantitative estimate of drug-likeness (QED) is 0.630. The van der Waals surface area contributed by atoms with E-state index in [4.69, 9.17) is 16.9 Å². The molecule has 1 heterocycles. The Morgan fingerprint density at radius 1 is 1.43 bits per heavy atom. The molecule has 7 heteroatoms. The van der Waals surface area contributed by atoms with Gasteiger partial charge in [0.25, 0.3) is 5.69 Å². The van der Waals surface area contributed by atoms with Crippen LogP contribution in [0.2, 0.25) is 5.02 Å². The minimum atomic E-state index is -0.394. The lowest BCUT2D eigenvalue weighted by atomic mass is 10.1. The Balaban J connectivity index is 2.01. The van der Waals surface area contributed by atoms with Gasteiger partial charge in [-0.15, -0.1) is 0 Å². The standard InChI is InChI=1S/C14H17ClN4O2/c1-11(9-16)18-6-4-17(5-7-18)10-12-2-3-13(15)8-14(12)19(20)21/h2-3,8,11H,4-7,10H2,1H3. The van der Waals surface area contributed by atoms with Crippen molar-refractivity contribution in [2.45, 2.75) is 19.5 Å². The second-order valence-corrected chi connectivity index (χ2v) is 5.58. The van der Waals surface area contributed by atoms with Crippen molar-refractivity contribution in [2.24, 2.45) is 0 Å². The van der Waals surface area contributed by atoms with E-state index in [1.165, 1.54) is 6.07 Å². The van der Waals surface area contributed by atoms with Crippen LogP contribution < -0.4 is 0 Å². The summed E-state index contributed by atoms with van der Waals surface area (Å²) in [5, 5.41) is 20.4. The SMILES string of the molecule is CC(C#N)N1CCN(Cc2ccc(Cl)cc2[N+](=O)[O-])CC1. The zero-order valence-corrected chi connectivity index (χ0v) is 12.6. The van der Waals surface area contributed by atoms with Gasteiger partial charge in [0.05, 0.1) is 17.0 Å². The molecule has 1 atom stereocenters. The third kappa shape index (κ3) is 3.91. The Morgan fingerprint density at radius 3 is 2.67 bits per heavy atom. The van der Waals surface area contributed by atoms with E-state index in [1.807, 2.05) is 6.92 Å². The van der Waals surface area contributed by atoms with Crippen molar-refractivity contribution in [3.8, 4) is 6.07 Å². The van der Waals surface area contributed by atoms with E-state index < -0.39 is 4.92 Å². The maximum Gasteiger partial charge on any atom is 0.275 e. The molecule has 1 saturated heterocycles. The summed E-state index contributed by atoms with van der Waals surface area (Å²) >= 11 is 5.82. The van der Waals surface area contributed by atoms with Crippen molar-refractivity contribution >= 4 is 17.3 Å². The van der Waals surface area contributed by atoms with Crippen molar-refractivity contribution in [1.29, 1.82) is 5.26 Å². The maximum atomic E-state index is 11.1. The first-order valence-electron chi connectivity index (χ1n) is 6.80. The average Bonchev–Trinajstić information content (AvgIpc) is 2.49. The Kier molecular flexibility index (Phi) is 5.12. The smallest absolute Gasteiger partial charge is 0.275 e. The molecule has 0 spiro atoms. The fourth-order valence-corrected chi connectivity index (χ4v) is 2.64. The molecule has 0 saturated carbocycles. The number of nitriles is 1. The number of hydrogen-bond donors (Lipinski definition) is 0. The minimum Gasteiger partial charge on any atom is -0.296 e. The van der Waals surface area contributed by atoms with Crippen LogP contribution in [0.25, 0.3) is 0 Å². The fourth-order valence-electron chi connectivity index (χ4n) is 2.47. The van der Waals surface area contributed by atoms with Crippen molar-refractivity contribution in [1.82, 2.24) is 9.80 Å². The summed E-state index contributed by atoms with van der Waals surface area (Å²) in [7, 11) is 0. The number of nitrogens with zero attached hydrogens (tertiary/aromatic N) is 4. The third-order valence-electron chi connectivity index (χ3n) is 3.78. The van der Waals surface area contributed by atoms with Gasteiger partial charge in [0.1, 0.15) is 0 Å². The van der Waals surface area contributed by atoms with E-state index in [0.29, 0.717) is 17.1 Å². The number of halogens is 1. The van der Waals surface area contributed by atoms with E-state index in [0.717, 1.165) is 26.2 Å². The van der Waals surface area contributed by atoms with Gasteiger partial charge in [0.15, 0.2) is 0 Å². The highest BCUT2D eigenvalue weighted by molar-refractivity contribution is 6.30. The highest BCUT2D eigenvalue weighted by Crippen LogP contribution is 2.24. The van der Waals surface area contributed by atoms with Gasteiger partial charge in [-0.3, -0.25) is 19.9 Å². The fraction of sp³-hybridized carbons (Fsp3) is 0.500. The third-order valence-corrected chi connectivity index (χ3v) is 4.01. The molecule has 1 aliphatic heterocycles. The molecule has 1 unspecified atom stereocenters. The highest BCUT2D eigenvalue weighted by Gasteiger charge is 2.23. The number of rotatable bonds is 4. The largest absolute Gasteiger partial charge is 0.296 e. The summed E-state index contributed by atoms with van der Waals surface area (Å²) < 4.78 is 0. The average molecular weight is 309 g/mol. The number of hydrogen-bond acceptors (Lipinski definition) is 5. The predicted molar refractivity (Wildman–Crippen MR) is 80.0 cm³/mol. The van der Waals surface area contributed by atoms with E-state index in [1.54, 1.807) is 12.1 Å². The highest BCUT2D eigenvalue weighted by atomic mass is 35.5. The van der Waals surface area contributed by atoms with Crippen LogP contribution in [0.5, 0.6) is 0 Å². The van der Waals surface area contributed by atoms with Crippen LogP contribution in [0, 0.1) is 21.4 Å². The van der Waals surface area contributed by atoms with Crippen LogP contribution in [0.15, 0.2) is 18.2 Å². The molecule has 112 valence electrons. The molecular formula is C14H17ClN4O2. The molecule has 1 fully saturated rings. The van der Waals surface area contributed by atoms with Crippen molar-refractivity contribution in [2.75, 3.05) is 26.2 Å². The molecule has 0 radical (unpaired) electrons. The Labute approximate surface area is 128 Å². The van der Waals surface area contributed by atoms with Gasteiger partial charge >= 0.3 is 0 Å². The van der Waals surface area contributed by atoms with E-state index in [-0.39, 0.29) is 11.7 Å². The van der Waals surface area contributed by atoms with Gasteiger partial charge in [-0.05, 0) is 19.1 Å². The van der Waals surface area contributed by atoms with Crippen LogP contribution in [0.4, 0.5) is 5.69 Å². The van der Waals surface area contributed by atoms with Gasteiger partial charge in [-0.1, -0.05) is 11.6 Å². The molecule has 2 rings (SSSR count). The lowest BCUT2D eigenvalue weighted by Crippen LogP contribution is -2.48. The molecule has 1 aliphatic rings. The molecule has 0 aromatic heterocycles. The molecule has 1 aromatic rings. The van der Waals surface area contributed by atoms with Crippen LogP contribution >= 0.6 is 11.6 Å². The molecule has 0 aliphatic carbocycles. The van der Waals surface area contributed by atoms with E-state index in [9.17, 15) is 10.1 Å². The van der Waals surface area contributed by atoms with E-state index >= 15 is 0 Å². The van der Waals surface area contributed by atoms with Gasteiger partial charge in [-0.25, -0.2) is 0 Å². The monoisotopic (exact) mass is 308 g/mol. The summed E-state index contributed by atoms with van der Waals surface area (Å²) in [5.74, 6) is 0. The van der Waals surface area contributed by atoms with Crippen molar-refractivity contribution in [3.05, 3.63) is 38.9 Å². The topological polar surface area (TPSA) is 73.4 Å². The van der Waals surface area contributed by atoms with Gasteiger partial charge < -0.3 is 0 Å². The number of piperazine rings is 1. The van der Waals surface area contributed by atoms with Crippen molar-refractivity contribution < 1.29 is 4.92 Å². The summed E-state index contributed by atoms with van der Waals surface area (Å²) in [5.41, 5.74) is 0.738. The number of nitro groups is 1. The van der Waals surface area contributed by atoms with Gasteiger partial charge in [-0.2, -0.15) is 5.26 Å². The second kappa shape index (κ2) is 6.85. The Morgan fingerprint density at radius 2 is 2.10 bits per heavy atom. The first kappa shape index (κ1) is 15.7. The maximum absolute atomic E-state index is 11.1. The zero-order valence-electron chi connectivity index (χ0n) is 11.8. The molecule has 6 nitrogen and oxygen atoms in total. The lowest BCUT2D eigenvalue weighted by Gasteiger charge is -2.35. The minimum absolute atomic E-state index is 0.0651. The van der Waals surface area contributed by atoms with Gasteiger partial charge in [0.2, 0.25) is 0 Å².